The van der Waals surface area contributed by atoms with Crippen LogP contribution in [0.15, 0.2) is 30.6 Å². The maximum Gasteiger partial charge on any atom is 0.221 e. The second-order valence-electron chi connectivity index (χ2n) is 3.82. The normalized spacial score (nSPS) is 10.7. The zero-order valence-corrected chi connectivity index (χ0v) is 9.38. The monoisotopic (exact) mass is 236 g/mol. The van der Waals surface area contributed by atoms with Crippen molar-refractivity contribution in [2.45, 2.75) is 0 Å². The fourth-order valence-electron chi connectivity index (χ4n) is 1.75. The van der Waals surface area contributed by atoms with Gasteiger partial charge in [-0.2, -0.15) is 10.1 Å². The highest BCUT2D eigenvalue weighted by atomic mass is 15.1. The van der Waals surface area contributed by atoms with Crippen LogP contribution in [0.2, 0.25) is 0 Å². The third-order valence-corrected chi connectivity index (χ3v) is 2.53. The van der Waals surface area contributed by atoms with Gasteiger partial charge in [0, 0.05) is 17.3 Å². The Morgan fingerprint density at radius 1 is 1.33 bits per heavy atom. The highest BCUT2D eigenvalue weighted by molar-refractivity contribution is 6.38. The lowest BCUT2D eigenvalue weighted by molar-refractivity contribution is 1.12. The number of H-pyrrole nitrogens is 1. The SMILES string of the molecule is [B]c1cc(Nc2ccnc(N)n2)cc2cn[nH]c12. The van der Waals surface area contributed by atoms with Crippen molar-refractivity contribution in [3.05, 3.63) is 30.6 Å². The number of aromatic nitrogens is 4. The van der Waals surface area contributed by atoms with Gasteiger partial charge in [0.25, 0.3) is 0 Å². The average molecular weight is 236 g/mol. The zero-order chi connectivity index (χ0) is 12.5. The molecular formula is C11H9BN6. The molecule has 18 heavy (non-hydrogen) atoms. The Hall–Kier alpha value is -2.57. The number of benzene rings is 1. The van der Waals surface area contributed by atoms with Crippen LogP contribution < -0.4 is 16.5 Å². The van der Waals surface area contributed by atoms with Gasteiger partial charge in [0.15, 0.2) is 0 Å². The van der Waals surface area contributed by atoms with Gasteiger partial charge >= 0.3 is 0 Å². The largest absolute Gasteiger partial charge is 0.368 e. The first-order chi connectivity index (χ1) is 8.72. The molecule has 86 valence electrons. The molecule has 1 aromatic carbocycles. The van der Waals surface area contributed by atoms with Crippen molar-refractivity contribution in [2.24, 2.45) is 0 Å². The zero-order valence-electron chi connectivity index (χ0n) is 9.38. The summed E-state index contributed by atoms with van der Waals surface area (Å²) in [6, 6.07) is 5.46. The highest BCUT2D eigenvalue weighted by Crippen LogP contribution is 2.18. The Morgan fingerprint density at radius 3 is 3.06 bits per heavy atom. The summed E-state index contributed by atoms with van der Waals surface area (Å²) in [6.07, 6.45) is 3.30. The molecule has 0 spiro atoms. The summed E-state index contributed by atoms with van der Waals surface area (Å²) in [5, 5.41) is 10.8. The van der Waals surface area contributed by atoms with Crippen LogP contribution in [0.4, 0.5) is 17.5 Å². The lowest BCUT2D eigenvalue weighted by atomic mass is 9.93. The van der Waals surface area contributed by atoms with Crippen LogP contribution in [0.3, 0.4) is 0 Å². The first-order valence-corrected chi connectivity index (χ1v) is 5.30. The molecule has 4 N–H and O–H groups in total. The van der Waals surface area contributed by atoms with E-state index >= 15 is 0 Å². The van der Waals surface area contributed by atoms with E-state index in [-0.39, 0.29) is 5.95 Å². The number of hydrogen-bond acceptors (Lipinski definition) is 5. The van der Waals surface area contributed by atoms with Gasteiger partial charge in [-0.1, -0.05) is 5.46 Å². The van der Waals surface area contributed by atoms with Crippen molar-refractivity contribution in [1.82, 2.24) is 20.2 Å². The molecule has 0 unspecified atom stereocenters. The molecule has 3 rings (SSSR count). The second kappa shape index (κ2) is 4.03. The van der Waals surface area contributed by atoms with E-state index in [1.165, 1.54) is 0 Å². The number of anilines is 3. The van der Waals surface area contributed by atoms with Crippen LogP contribution >= 0.6 is 0 Å². The van der Waals surface area contributed by atoms with E-state index in [4.69, 9.17) is 13.6 Å². The molecule has 6 nitrogen and oxygen atoms in total. The molecule has 0 atom stereocenters. The van der Waals surface area contributed by atoms with Crippen molar-refractivity contribution >= 4 is 41.7 Å². The van der Waals surface area contributed by atoms with Gasteiger partial charge in [-0.3, -0.25) is 5.10 Å². The van der Waals surface area contributed by atoms with Gasteiger partial charge in [-0.25, -0.2) is 4.98 Å². The third-order valence-electron chi connectivity index (χ3n) is 2.53. The summed E-state index contributed by atoms with van der Waals surface area (Å²) in [7, 11) is 5.92. The molecule has 0 saturated carbocycles. The molecule has 0 aliphatic rings. The molecule has 7 heteroatoms. The predicted octanol–water partition coefficient (Wildman–Crippen LogP) is 0.472. The summed E-state index contributed by atoms with van der Waals surface area (Å²) in [4.78, 5) is 7.88. The number of nitrogens with one attached hydrogen (secondary N) is 2. The first kappa shape index (κ1) is 10.6. The fourth-order valence-corrected chi connectivity index (χ4v) is 1.75. The van der Waals surface area contributed by atoms with Gasteiger partial charge in [0.05, 0.1) is 11.7 Å². The number of nitrogens with zero attached hydrogens (tertiary/aromatic N) is 3. The van der Waals surface area contributed by atoms with Gasteiger partial charge in [0.1, 0.15) is 13.7 Å². The van der Waals surface area contributed by atoms with Gasteiger partial charge in [-0.15, -0.1) is 0 Å². The Balaban J connectivity index is 1.99. The first-order valence-electron chi connectivity index (χ1n) is 5.30. The van der Waals surface area contributed by atoms with Crippen molar-refractivity contribution in [1.29, 1.82) is 0 Å². The van der Waals surface area contributed by atoms with Crippen LogP contribution in [0, 0.1) is 0 Å². The van der Waals surface area contributed by atoms with Gasteiger partial charge in [0.2, 0.25) is 5.95 Å². The molecule has 2 radical (unpaired) electrons. The van der Waals surface area contributed by atoms with Crippen LogP contribution in [-0.4, -0.2) is 28.0 Å². The predicted molar refractivity (Wildman–Crippen MR) is 71.2 cm³/mol. The number of rotatable bonds is 2. The van der Waals surface area contributed by atoms with E-state index < -0.39 is 0 Å². The number of fused-ring (bicyclic) bond motifs is 1. The average Bonchev–Trinajstić information content (AvgIpc) is 2.77. The van der Waals surface area contributed by atoms with E-state index in [1.807, 2.05) is 6.07 Å². The molecule has 3 aromatic rings. The molecule has 0 fully saturated rings. The lowest BCUT2D eigenvalue weighted by Crippen LogP contribution is -2.06. The minimum Gasteiger partial charge on any atom is -0.368 e. The molecule has 0 aliphatic carbocycles. The summed E-state index contributed by atoms with van der Waals surface area (Å²) in [5.74, 6) is 0.835. The van der Waals surface area contributed by atoms with E-state index in [2.05, 4.69) is 25.5 Å². The number of nitrogen functional groups attached to an aromatic ring is 1. The fraction of sp³-hybridized carbons (Fsp3) is 0. The molecule has 2 aromatic heterocycles. The van der Waals surface area contributed by atoms with Crippen LogP contribution in [-0.2, 0) is 0 Å². The Morgan fingerprint density at radius 2 is 2.22 bits per heavy atom. The molecule has 0 amide bonds. The highest BCUT2D eigenvalue weighted by Gasteiger charge is 2.03. The van der Waals surface area contributed by atoms with Crippen molar-refractivity contribution in [3.8, 4) is 0 Å². The van der Waals surface area contributed by atoms with E-state index in [0.29, 0.717) is 11.3 Å². The lowest BCUT2D eigenvalue weighted by Gasteiger charge is -2.07. The minimum atomic E-state index is 0.220. The maximum absolute atomic E-state index is 5.92. The molecule has 0 saturated heterocycles. The molecule has 2 heterocycles. The van der Waals surface area contributed by atoms with Crippen LogP contribution in [0.25, 0.3) is 10.9 Å². The topological polar surface area (TPSA) is 92.5 Å². The standard InChI is InChI=1S/C11H9BN6/c12-8-4-7(3-6-5-15-18-10(6)8)16-9-1-2-14-11(13)17-9/h1-5H,(H,15,18)(H3,13,14,16,17). The van der Waals surface area contributed by atoms with E-state index in [0.717, 1.165) is 16.6 Å². The quantitative estimate of drug-likeness (QED) is 0.562. The van der Waals surface area contributed by atoms with E-state index in [9.17, 15) is 0 Å². The maximum atomic E-state index is 5.92. The second-order valence-corrected chi connectivity index (χ2v) is 3.82. The van der Waals surface area contributed by atoms with Crippen LogP contribution in [0.1, 0.15) is 0 Å². The van der Waals surface area contributed by atoms with Gasteiger partial charge in [-0.05, 0) is 18.2 Å². The number of aromatic amines is 1. The van der Waals surface area contributed by atoms with Crippen LogP contribution in [0.5, 0.6) is 0 Å². The summed E-state index contributed by atoms with van der Waals surface area (Å²) >= 11 is 0. The van der Waals surface area contributed by atoms with E-state index in [1.54, 1.807) is 24.5 Å². The third kappa shape index (κ3) is 1.86. The van der Waals surface area contributed by atoms with Crippen molar-refractivity contribution < 1.29 is 0 Å². The number of hydrogen-bond donors (Lipinski definition) is 3. The smallest absolute Gasteiger partial charge is 0.221 e. The van der Waals surface area contributed by atoms with Crippen molar-refractivity contribution in [2.75, 3.05) is 11.1 Å². The Labute approximate surface area is 104 Å². The number of nitrogens with two attached hydrogens (primary N) is 1. The molecule has 0 bridgehead atoms. The summed E-state index contributed by atoms with van der Waals surface area (Å²) in [6.45, 7) is 0. The van der Waals surface area contributed by atoms with Gasteiger partial charge < -0.3 is 11.1 Å². The minimum absolute atomic E-state index is 0.220. The summed E-state index contributed by atoms with van der Waals surface area (Å²) < 4.78 is 0. The molecule has 0 aliphatic heterocycles. The Kier molecular flexibility index (Phi) is 2.37. The molecular weight excluding hydrogens is 227 g/mol. The Bertz CT molecular complexity index is 708. The summed E-state index contributed by atoms with van der Waals surface area (Å²) in [5.41, 5.74) is 7.78. The van der Waals surface area contributed by atoms with Crippen molar-refractivity contribution in [3.63, 3.8) is 0 Å².